The van der Waals surface area contributed by atoms with Crippen molar-refractivity contribution in [3.63, 3.8) is 0 Å². The maximum atomic E-state index is 12.0. The van der Waals surface area contributed by atoms with Crippen LogP contribution in [0.3, 0.4) is 0 Å². The zero-order valence-corrected chi connectivity index (χ0v) is 12.3. The molecule has 1 amide bonds. The van der Waals surface area contributed by atoms with Gasteiger partial charge in [0.2, 0.25) is 5.88 Å². The Morgan fingerprint density at radius 1 is 1.29 bits per heavy atom. The predicted molar refractivity (Wildman–Crippen MR) is 78.5 cm³/mol. The average Bonchev–Trinajstić information content (AvgIpc) is 2.46. The van der Waals surface area contributed by atoms with Gasteiger partial charge in [-0.05, 0) is 31.9 Å². The minimum atomic E-state index is -0.761. The lowest BCUT2D eigenvalue weighted by molar-refractivity contribution is -0.137. The molecule has 1 heterocycles. The number of ether oxygens (including phenoxy) is 1. The Hall–Kier alpha value is -2.11. The lowest BCUT2D eigenvalue weighted by Gasteiger charge is -2.09. The summed E-state index contributed by atoms with van der Waals surface area (Å²) in [6.07, 6.45) is 5.07. The van der Waals surface area contributed by atoms with Crippen molar-refractivity contribution in [1.82, 2.24) is 10.3 Å². The average molecular weight is 294 g/mol. The first-order valence-electron chi connectivity index (χ1n) is 7.23. The molecule has 21 heavy (non-hydrogen) atoms. The number of nitrogens with one attached hydrogen (secondary N) is 1. The molecule has 116 valence electrons. The number of pyridine rings is 1. The number of unbranched alkanes of at least 4 members (excludes halogenated alkanes) is 3. The number of carboxylic acid groups (broad SMARTS) is 1. The number of aromatic nitrogens is 1. The molecule has 0 saturated heterocycles. The Kier molecular flexibility index (Phi) is 7.86. The van der Waals surface area contributed by atoms with Crippen LogP contribution in [0.4, 0.5) is 0 Å². The maximum absolute atomic E-state index is 12.0. The molecule has 0 unspecified atom stereocenters. The Morgan fingerprint density at radius 2 is 2.05 bits per heavy atom. The van der Waals surface area contributed by atoms with Gasteiger partial charge < -0.3 is 15.2 Å². The number of amides is 1. The number of rotatable bonds is 10. The van der Waals surface area contributed by atoms with E-state index in [0.717, 1.165) is 19.3 Å². The van der Waals surface area contributed by atoms with Crippen molar-refractivity contribution >= 4 is 11.9 Å². The van der Waals surface area contributed by atoms with Crippen LogP contribution in [0.1, 0.15) is 49.4 Å². The van der Waals surface area contributed by atoms with Crippen molar-refractivity contribution in [2.75, 3.05) is 13.2 Å². The number of carboxylic acids is 1. The minimum absolute atomic E-state index is 0.197. The van der Waals surface area contributed by atoms with Gasteiger partial charge in [0.05, 0.1) is 6.61 Å². The second-order valence-corrected chi connectivity index (χ2v) is 4.60. The minimum Gasteiger partial charge on any atom is -0.481 e. The van der Waals surface area contributed by atoms with Crippen LogP contribution in [0.2, 0.25) is 0 Å². The van der Waals surface area contributed by atoms with E-state index in [0.29, 0.717) is 31.0 Å². The largest absolute Gasteiger partial charge is 0.481 e. The van der Waals surface area contributed by atoms with E-state index in [1.54, 1.807) is 18.3 Å². The predicted octanol–water partition coefficient (Wildman–Crippen LogP) is 2.25. The summed E-state index contributed by atoms with van der Waals surface area (Å²) in [7, 11) is 0. The van der Waals surface area contributed by atoms with Gasteiger partial charge in [0.15, 0.2) is 0 Å². The summed E-state index contributed by atoms with van der Waals surface area (Å²) in [5, 5.41) is 11.3. The van der Waals surface area contributed by atoms with Gasteiger partial charge in [0.25, 0.3) is 5.91 Å². The van der Waals surface area contributed by atoms with Crippen LogP contribution in [0.25, 0.3) is 0 Å². The number of carbonyl (C=O) groups excluding carboxylic acids is 1. The van der Waals surface area contributed by atoms with Crippen LogP contribution in [0, 0.1) is 0 Å². The summed E-state index contributed by atoms with van der Waals surface area (Å²) in [6.45, 7) is 2.86. The highest BCUT2D eigenvalue weighted by molar-refractivity contribution is 5.96. The fourth-order valence-corrected chi connectivity index (χ4v) is 1.87. The van der Waals surface area contributed by atoms with Crippen LogP contribution in [-0.2, 0) is 4.79 Å². The highest BCUT2D eigenvalue weighted by atomic mass is 16.5. The van der Waals surface area contributed by atoms with E-state index in [1.165, 1.54) is 0 Å². The first kappa shape index (κ1) is 16.9. The summed E-state index contributed by atoms with van der Waals surface area (Å²) in [4.78, 5) is 26.4. The Balaban J connectivity index is 2.26. The van der Waals surface area contributed by atoms with Gasteiger partial charge in [-0.15, -0.1) is 0 Å². The number of carbonyl (C=O) groups is 2. The molecule has 0 aliphatic carbocycles. The first-order valence-corrected chi connectivity index (χ1v) is 7.23. The Morgan fingerprint density at radius 3 is 2.76 bits per heavy atom. The summed E-state index contributed by atoms with van der Waals surface area (Å²) in [5.74, 6) is -0.612. The monoisotopic (exact) mass is 294 g/mol. The quantitative estimate of drug-likeness (QED) is 0.646. The van der Waals surface area contributed by atoms with Crippen molar-refractivity contribution in [1.29, 1.82) is 0 Å². The molecule has 0 bridgehead atoms. The number of hydrogen-bond acceptors (Lipinski definition) is 4. The highest BCUT2D eigenvalue weighted by Gasteiger charge is 2.12. The van der Waals surface area contributed by atoms with Crippen molar-refractivity contribution in [3.8, 4) is 5.88 Å². The molecule has 0 aliphatic rings. The molecule has 0 aromatic carbocycles. The zero-order chi connectivity index (χ0) is 15.5. The molecule has 6 nitrogen and oxygen atoms in total. The van der Waals surface area contributed by atoms with E-state index in [-0.39, 0.29) is 12.3 Å². The Labute approximate surface area is 124 Å². The normalized spacial score (nSPS) is 10.1. The molecule has 1 aromatic heterocycles. The van der Waals surface area contributed by atoms with Gasteiger partial charge in [0, 0.05) is 19.2 Å². The fraction of sp³-hybridized carbons (Fsp3) is 0.533. The standard InChI is InChI=1S/C15H22N2O4/c1-2-21-15-12(8-7-11-17-15)14(20)16-10-6-4-3-5-9-13(18)19/h7-8,11H,2-6,9-10H2,1H3,(H,16,20)(H,18,19). The van der Waals surface area contributed by atoms with Gasteiger partial charge in [-0.25, -0.2) is 4.98 Å². The van der Waals surface area contributed by atoms with Crippen molar-refractivity contribution in [3.05, 3.63) is 23.9 Å². The Bertz CT molecular complexity index is 463. The summed E-state index contributed by atoms with van der Waals surface area (Å²) < 4.78 is 5.31. The van der Waals surface area contributed by atoms with E-state index >= 15 is 0 Å². The third kappa shape index (κ3) is 6.74. The third-order valence-corrected chi connectivity index (χ3v) is 2.90. The fourth-order valence-electron chi connectivity index (χ4n) is 1.87. The van der Waals surface area contributed by atoms with E-state index in [2.05, 4.69) is 10.3 Å². The molecular formula is C15H22N2O4. The number of nitrogens with zero attached hydrogens (tertiary/aromatic N) is 1. The molecular weight excluding hydrogens is 272 g/mol. The highest BCUT2D eigenvalue weighted by Crippen LogP contribution is 2.13. The lowest BCUT2D eigenvalue weighted by atomic mass is 10.1. The molecule has 0 fully saturated rings. The molecule has 6 heteroatoms. The topological polar surface area (TPSA) is 88.5 Å². The second-order valence-electron chi connectivity index (χ2n) is 4.60. The molecule has 0 aliphatic heterocycles. The van der Waals surface area contributed by atoms with Crippen LogP contribution in [0.15, 0.2) is 18.3 Å². The molecule has 0 saturated carbocycles. The van der Waals surface area contributed by atoms with Gasteiger partial charge in [-0.2, -0.15) is 0 Å². The summed E-state index contributed by atoms with van der Waals surface area (Å²) >= 11 is 0. The van der Waals surface area contributed by atoms with Crippen molar-refractivity contribution in [2.45, 2.75) is 39.0 Å². The van der Waals surface area contributed by atoms with Crippen LogP contribution < -0.4 is 10.1 Å². The number of aliphatic carboxylic acids is 1. The van der Waals surface area contributed by atoms with Crippen LogP contribution in [0.5, 0.6) is 5.88 Å². The first-order chi connectivity index (χ1) is 10.1. The van der Waals surface area contributed by atoms with Gasteiger partial charge >= 0.3 is 5.97 Å². The zero-order valence-electron chi connectivity index (χ0n) is 12.3. The molecule has 2 N–H and O–H groups in total. The molecule has 1 aromatic rings. The lowest BCUT2D eigenvalue weighted by Crippen LogP contribution is -2.25. The maximum Gasteiger partial charge on any atom is 0.303 e. The van der Waals surface area contributed by atoms with Gasteiger partial charge in [-0.1, -0.05) is 12.8 Å². The van der Waals surface area contributed by atoms with E-state index < -0.39 is 5.97 Å². The van der Waals surface area contributed by atoms with Crippen LogP contribution in [-0.4, -0.2) is 35.1 Å². The smallest absolute Gasteiger partial charge is 0.303 e. The molecule has 1 rings (SSSR count). The molecule has 0 radical (unpaired) electrons. The SMILES string of the molecule is CCOc1ncccc1C(=O)NCCCCCCC(=O)O. The molecule has 0 spiro atoms. The summed E-state index contributed by atoms with van der Waals surface area (Å²) in [6, 6.07) is 3.38. The van der Waals surface area contributed by atoms with E-state index in [4.69, 9.17) is 9.84 Å². The van der Waals surface area contributed by atoms with E-state index in [9.17, 15) is 9.59 Å². The van der Waals surface area contributed by atoms with Gasteiger partial charge in [-0.3, -0.25) is 9.59 Å². The second kappa shape index (κ2) is 9.74. The van der Waals surface area contributed by atoms with Crippen molar-refractivity contribution in [2.24, 2.45) is 0 Å². The van der Waals surface area contributed by atoms with E-state index in [1.807, 2.05) is 6.92 Å². The van der Waals surface area contributed by atoms with Gasteiger partial charge in [0.1, 0.15) is 5.56 Å². The number of hydrogen-bond donors (Lipinski definition) is 2. The van der Waals surface area contributed by atoms with Crippen LogP contribution >= 0.6 is 0 Å². The summed E-state index contributed by atoms with van der Waals surface area (Å²) in [5.41, 5.74) is 0.435. The van der Waals surface area contributed by atoms with Crippen molar-refractivity contribution < 1.29 is 19.4 Å². The third-order valence-electron chi connectivity index (χ3n) is 2.90. The molecule has 0 atom stereocenters.